The summed E-state index contributed by atoms with van der Waals surface area (Å²) in [5, 5.41) is 13.3. The zero-order chi connectivity index (χ0) is 12.4. The molecule has 1 saturated heterocycles. The first-order valence-electron chi connectivity index (χ1n) is 5.57. The maximum Gasteiger partial charge on any atom is 0.257 e. The van der Waals surface area contributed by atoms with Crippen molar-refractivity contribution in [2.24, 2.45) is 0 Å². The first-order chi connectivity index (χ1) is 8.11. The Morgan fingerprint density at radius 2 is 2.35 bits per heavy atom. The molecule has 2 rings (SSSR count). The Kier molecular flexibility index (Phi) is 3.54. The number of benzene rings is 1. The molecule has 1 unspecified atom stereocenters. The molecule has 1 aromatic rings. The van der Waals surface area contributed by atoms with Crippen LogP contribution in [0.2, 0.25) is 5.02 Å². The summed E-state index contributed by atoms with van der Waals surface area (Å²) < 4.78 is 0. The molecule has 0 spiro atoms. The summed E-state index contributed by atoms with van der Waals surface area (Å²) in [6.45, 7) is 1.37. The Bertz CT molecular complexity index is 437. The third-order valence-electron chi connectivity index (χ3n) is 3.07. The summed E-state index contributed by atoms with van der Waals surface area (Å²) in [5.74, 6) is -0.185. The first-order valence-corrected chi connectivity index (χ1v) is 5.94. The molecule has 0 saturated carbocycles. The van der Waals surface area contributed by atoms with E-state index in [4.69, 9.17) is 11.6 Å². The van der Waals surface area contributed by atoms with Crippen LogP contribution in [0.1, 0.15) is 16.8 Å². The van der Waals surface area contributed by atoms with E-state index >= 15 is 0 Å². The quantitative estimate of drug-likeness (QED) is 0.841. The number of phenols is 1. The van der Waals surface area contributed by atoms with Crippen LogP contribution in [0.25, 0.3) is 0 Å². The lowest BCUT2D eigenvalue weighted by molar-refractivity contribution is 0.0786. The largest absolute Gasteiger partial charge is 0.507 e. The molecule has 1 heterocycles. The second kappa shape index (κ2) is 4.94. The fourth-order valence-electron chi connectivity index (χ4n) is 2.03. The topological polar surface area (TPSA) is 52.6 Å². The second-order valence-corrected chi connectivity index (χ2v) is 4.62. The third-order valence-corrected chi connectivity index (χ3v) is 3.31. The summed E-state index contributed by atoms with van der Waals surface area (Å²) in [5.41, 5.74) is 0.272. The van der Waals surface area contributed by atoms with Gasteiger partial charge in [0.25, 0.3) is 5.91 Å². The van der Waals surface area contributed by atoms with Crippen molar-refractivity contribution in [1.29, 1.82) is 0 Å². The zero-order valence-corrected chi connectivity index (χ0v) is 10.4. The fraction of sp³-hybridized carbons (Fsp3) is 0.417. The minimum atomic E-state index is -0.164. The van der Waals surface area contributed by atoms with Gasteiger partial charge in [0.15, 0.2) is 0 Å². The molecule has 2 N–H and O–H groups in total. The van der Waals surface area contributed by atoms with Crippen LogP contribution in [0.3, 0.4) is 0 Å². The molecule has 0 aliphatic carbocycles. The molecule has 17 heavy (non-hydrogen) atoms. The smallest absolute Gasteiger partial charge is 0.257 e. The Morgan fingerprint density at radius 1 is 1.59 bits per heavy atom. The molecular weight excluding hydrogens is 240 g/mol. The number of likely N-dealkylation sites (tertiary alicyclic amines) is 1. The molecule has 4 nitrogen and oxygen atoms in total. The van der Waals surface area contributed by atoms with Crippen LogP contribution in [-0.2, 0) is 0 Å². The van der Waals surface area contributed by atoms with Gasteiger partial charge in [-0.3, -0.25) is 4.79 Å². The Balaban J connectivity index is 2.17. The van der Waals surface area contributed by atoms with Crippen LogP contribution in [0.5, 0.6) is 5.75 Å². The predicted molar refractivity (Wildman–Crippen MR) is 66.5 cm³/mol. The molecule has 0 radical (unpaired) electrons. The van der Waals surface area contributed by atoms with E-state index in [2.05, 4.69) is 5.32 Å². The van der Waals surface area contributed by atoms with Crippen LogP contribution in [0, 0.1) is 0 Å². The number of aromatic hydroxyl groups is 1. The maximum atomic E-state index is 12.2. The average Bonchev–Trinajstić information content (AvgIpc) is 2.80. The van der Waals surface area contributed by atoms with Crippen molar-refractivity contribution in [3.63, 3.8) is 0 Å². The zero-order valence-electron chi connectivity index (χ0n) is 9.61. The highest BCUT2D eigenvalue weighted by Gasteiger charge is 2.27. The summed E-state index contributed by atoms with van der Waals surface area (Å²) in [7, 11) is 1.88. The summed E-state index contributed by atoms with van der Waals surface area (Å²) in [6, 6.07) is 4.85. The van der Waals surface area contributed by atoms with E-state index in [0.29, 0.717) is 24.2 Å². The number of nitrogens with zero attached hydrogens (tertiary/aromatic N) is 1. The molecule has 5 heteroatoms. The molecule has 92 valence electrons. The molecule has 1 aromatic carbocycles. The number of nitrogens with one attached hydrogen (secondary N) is 1. The van der Waals surface area contributed by atoms with Gasteiger partial charge in [-0.2, -0.15) is 0 Å². The maximum absolute atomic E-state index is 12.2. The van der Waals surface area contributed by atoms with E-state index < -0.39 is 0 Å². The summed E-state index contributed by atoms with van der Waals surface area (Å²) in [4.78, 5) is 13.9. The van der Waals surface area contributed by atoms with Crippen molar-refractivity contribution in [3.05, 3.63) is 28.8 Å². The van der Waals surface area contributed by atoms with Crippen LogP contribution in [0.4, 0.5) is 0 Å². The lowest BCUT2D eigenvalue weighted by Gasteiger charge is -2.17. The lowest BCUT2D eigenvalue weighted by Crippen LogP contribution is -2.33. The number of carbonyl (C=O) groups excluding carboxylic acids is 1. The van der Waals surface area contributed by atoms with Gasteiger partial charge < -0.3 is 15.3 Å². The third kappa shape index (κ3) is 2.53. The Hall–Kier alpha value is -1.26. The SMILES string of the molecule is CNC1CCN(C(=O)c2cc(Cl)ccc2O)C1. The number of hydrogen-bond donors (Lipinski definition) is 2. The van der Waals surface area contributed by atoms with Gasteiger partial charge in [0.2, 0.25) is 0 Å². The van der Waals surface area contributed by atoms with Crippen LogP contribution in [-0.4, -0.2) is 42.1 Å². The van der Waals surface area contributed by atoms with Gasteiger partial charge in [0.1, 0.15) is 5.75 Å². The van der Waals surface area contributed by atoms with Gasteiger partial charge in [0.05, 0.1) is 5.56 Å². The number of carbonyl (C=O) groups is 1. The van der Waals surface area contributed by atoms with Crippen molar-refractivity contribution >= 4 is 17.5 Å². The fourth-order valence-corrected chi connectivity index (χ4v) is 2.20. The minimum absolute atomic E-state index is 0.0210. The van der Waals surface area contributed by atoms with Gasteiger partial charge in [-0.25, -0.2) is 0 Å². The monoisotopic (exact) mass is 254 g/mol. The molecule has 1 aliphatic rings. The number of hydrogen-bond acceptors (Lipinski definition) is 3. The van der Waals surface area contributed by atoms with Crippen LogP contribution >= 0.6 is 11.6 Å². The van der Waals surface area contributed by atoms with Crippen LogP contribution in [0.15, 0.2) is 18.2 Å². The highest BCUT2D eigenvalue weighted by molar-refractivity contribution is 6.31. The van der Waals surface area contributed by atoms with Crippen molar-refractivity contribution in [2.45, 2.75) is 12.5 Å². The first kappa shape index (κ1) is 12.2. The molecular formula is C12H15ClN2O2. The highest BCUT2D eigenvalue weighted by Crippen LogP contribution is 2.24. The Labute approximate surface area is 105 Å². The summed E-state index contributed by atoms with van der Waals surface area (Å²) in [6.07, 6.45) is 0.934. The number of rotatable bonds is 2. The van der Waals surface area contributed by atoms with Crippen molar-refractivity contribution in [1.82, 2.24) is 10.2 Å². The number of amides is 1. The van der Waals surface area contributed by atoms with E-state index in [1.807, 2.05) is 7.05 Å². The normalized spacial score (nSPS) is 19.6. The van der Waals surface area contributed by atoms with Crippen molar-refractivity contribution in [2.75, 3.05) is 20.1 Å². The lowest BCUT2D eigenvalue weighted by atomic mass is 10.2. The highest BCUT2D eigenvalue weighted by atomic mass is 35.5. The number of halogens is 1. The van der Waals surface area contributed by atoms with Gasteiger partial charge in [-0.05, 0) is 31.7 Å². The van der Waals surface area contributed by atoms with Gasteiger partial charge in [-0.15, -0.1) is 0 Å². The second-order valence-electron chi connectivity index (χ2n) is 4.19. The van der Waals surface area contributed by atoms with Gasteiger partial charge >= 0.3 is 0 Å². The van der Waals surface area contributed by atoms with Crippen LogP contribution < -0.4 is 5.32 Å². The van der Waals surface area contributed by atoms with E-state index in [9.17, 15) is 9.90 Å². The number of likely N-dealkylation sites (N-methyl/N-ethyl adjacent to an activating group) is 1. The predicted octanol–water partition coefficient (Wildman–Crippen LogP) is 1.48. The average molecular weight is 255 g/mol. The van der Waals surface area contributed by atoms with Crippen molar-refractivity contribution < 1.29 is 9.90 Å². The molecule has 1 aliphatic heterocycles. The molecule has 1 atom stereocenters. The standard InChI is InChI=1S/C12H15ClN2O2/c1-14-9-4-5-15(7-9)12(17)10-6-8(13)2-3-11(10)16/h2-3,6,9,14,16H,4-5,7H2,1H3. The van der Waals surface area contributed by atoms with Gasteiger partial charge in [-0.1, -0.05) is 11.6 Å². The number of phenolic OH excluding ortho intramolecular Hbond substituents is 1. The molecule has 0 aromatic heterocycles. The molecule has 0 bridgehead atoms. The van der Waals surface area contributed by atoms with E-state index in [1.54, 1.807) is 11.0 Å². The van der Waals surface area contributed by atoms with Crippen molar-refractivity contribution in [3.8, 4) is 5.75 Å². The van der Waals surface area contributed by atoms with E-state index in [0.717, 1.165) is 6.42 Å². The Morgan fingerprint density at radius 3 is 3.00 bits per heavy atom. The minimum Gasteiger partial charge on any atom is -0.507 e. The summed E-state index contributed by atoms with van der Waals surface area (Å²) >= 11 is 5.83. The van der Waals surface area contributed by atoms with E-state index in [1.165, 1.54) is 12.1 Å². The van der Waals surface area contributed by atoms with E-state index in [-0.39, 0.29) is 17.2 Å². The molecule has 1 amide bonds. The van der Waals surface area contributed by atoms with Gasteiger partial charge in [0, 0.05) is 24.2 Å². The molecule has 1 fully saturated rings.